The third kappa shape index (κ3) is 3.00. The average molecular weight is 297 g/mol. The van der Waals surface area contributed by atoms with Gasteiger partial charge in [-0.3, -0.25) is 15.5 Å². The fraction of sp³-hybridized carbons (Fsp3) is 0.0909. The Bertz CT molecular complexity index is 710. The van der Waals surface area contributed by atoms with Gasteiger partial charge in [0.15, 0.2) is 11.6 Å². The summed E-state index contributed by atoms with van der Waals surface area (Å²) in [6.45, 7) is 1.36. The third-order valence-electron chi connectivity index (χ3n) is 2.44. The predicted molar refractivity (Wildman–Crippen MR) is 67.7 cm³/mol. The summed E-state index contributed by atoms with van der Waals surface area (Å²) in [5.74, 6) is 2.21. The highest BCUT2D eigenvalue weighted by Gasteiger charge is 2.24. The highest BCUT2D eigenvalue weighted by Crippen LogP contribution is 2.32. The van der Waals surface area contributed by atoms with E-state index in [4.69, 9.17) is 10.6 Å². The smallest absolute Gasteiger partial charge is 0.352 e. The van der Waals surface area contributed by atoms with Crippen molar-refractivity contribution in [3.8, 4) is 11.6 Å². The molecule has 0 amide bonds. The number of nitrogen functional groups attached to an aromatic ring is 1. The molecule has 2 rings (SSSR count). The van der Waals surface area contributed by atoms with Gasteiger partial charge in [-0.15, -0.1) is 0 Å². The fourth-order valence-electron chi connectivity index (χ4n) is 1.54. The molecule has 0 aliphatic heterocycles. The molecule has 2 aromatic rings. The Hall–Kier alpha value is -2.88. The van der Waals surface area contributed by atoms with Gasteiger partial charge in [-0.25, -0.2) is 19.6 Å². The SMILES string of the molecule is Cc1nc(NN)nc(Oc2ccc(F)c(F)c2)c1[N+](=O)[O-]. The average Bonchev–Trinajstić information content (AvgIpc) is 2.41. The Labute approximate surface area is 116 Å². The number of ether oxygens (including phenoxy) is 1. The van der Waals surface area contributed by atoms with Gasteiger partial charge < -0.3 is 4.74 Å². The van der Waals surface area contributed by atoms with E-state index in [-0.39, 0.29) is 17.4 Å². The molecule has 0 aliphatic carbocycles. The lowest BCUT2D eigenvalue weighted by Crippen LogP contribution is -2.12. The van der Waals surface area contributed by atoms with Crippen LogP contribution in [-0.4, -0.2) is 14.9 Å². The van der Waals surface area contributed by atoms with Gasteiger partial charge in [-0.2, -0.15) is 4.98 Å². The number of aromatic nitrogens is 2. The summed E-state index contributed by atoms with van der Waals surface area (Å²) in [5, 5.41) is 11.0. The summed E-state index contributed by atoms with van der Waals surface area (Å²) in [6.07, 6.45) is 0. The molecule has 0 saturated heterocycles. The van der Waals surface area contributed by atoms with Crippen LogP contribution in [0.15, 0.2) is 18.2 Å². The van der Waals surface area contributed by atoms with Crippen LogP contribution >= 0.6 is 0 Å². The second kappa shape index (κ2) is 5.63. The van der Waals surface area contributed by atoms with Crippen LogP contribution < -0.4 is 16.0 Å². The number of nitro groups is 1. The lowest BCUT2D eigenvalue weighted by Gasteiger charge is -2.08. The largest absolute Gasteiger partial charge is 0.433 e. The number of benzene rings is 1. The van der Waals surface area contributed by atoms with E-state index in [1.807, 2.05) is 0 Å². The van der Waals surface area contributed by atoms with Crippen molar-refractivity contribution in [1.82, 2.24) is 9.97 Å². The zero-order valence-corrected chi connectivity index (χ0v) is 10.6. The second-order valence-corrected chi connectivity index (χ2v) is 3.87. The van der Waals surface area contributed by atoms with E-state index < -0.39 is 28.1 Å². The van der Waals surface area contributed by atoms with Crippen LogP contribution in [0.25, 0.3) is 0 Å². The van der Waals surface area contributed by atoms with E-state index in [1.165, 1.54) is 6.92 Å². The number of nitrogens with one attached hydrogen (secondary N) is 1. The van der Waals surface area contributed by atoms with Gasteiger partial charge in [0.25, 0.3) is 0 Å². The lowest BCUT2D eigenvalue weighted by atomic mass is 10.3. The molecule has 8 nitrogen and oxygen atoms in total. The van der Waals surface area contributed by atoms with Crippen LogP contribution in [0.2, 0.25) is 0 Å². The van der Waals surface area contributed by atoms with E-state index in [0.29, 0.717) is 0 Å². The van der Waals surface area contributed by atoms with Crippen LogP contribution in [0.5, 0.6) is 11.6 Å². The summed E-state index contributed by atoms with van der Waals surface area (Å²) >= 11 is 0. The van der Waals surface area contributed by atoms with E-state index in [1.54, 1.807) is 0 Å². The zero-order chi connectivity index (χ0) is 15.6. The number of hydrazine groups is 1. The second-order valence-electron chi connectivity index (χ2n) is 3.87. The topological polar surface area (TPSA) is 116 Å². The quantitative estimate of drug-likeness (QED) is 0.504. The van der Waals surface area contributed by atoms with E-state index >= 15 is 0 Å². The van der Waals surface area contributed by atoms with Gasteiger partial charge in [0.05, 0.1) is 4.92 Å². The van der Waals surface area contributed by atoms with Crippen LogP contribution in [0.1, 0.15) is 5.69 Å². The minimum Gasteiger partial charge on any atom is -0.433 e. The zero-order valence-electron chi connectivity index (χ0n) is 10.6. The molecule has 21 heavy (non-hydrogen) atoms. The number of anilines is 1. The molecular formula is C11H9F2N5O3. The summed E-state index contributed by atoms with van der Waals surface area (Å²) in [7, 11) is 0. The molecular weight excluding hydrogens is 288 g/mol. The van der Waals surface area contributed by atoms with Crippen molar-refractivity contribution < 1.29 is 18.4 Å². The molecule has 10 heteroatoms. The molecule has 0 fully saturated rings. The van der Waals surface area contributed by atoms with E-state index in [0.717, 1.165) is 18.2 Å². The first-order valence-corrected chi connectivity index (χ1v) is 5.55. The van der Waals surface area contributed by atoms with E-state index in [2.05, 4.69) is 15.4 Å². The number of aryl methyl sites for hydroxylation is 1. The first kappa shape index (κ1) is 14.5. The first-order valence-electron chi connectivity index (χ1n) is 5.55. The van der Waals surface area contributed by atoms with Crippen LogP contribution in [0, 0.1) is 28.7 Å². The normalized spacial score (nSPS) is 10.3. The molecule has 0 aliphatic rings. The number of hydrogen-bond acceptors (Lipinski definition) is 7. The molecule has 0 saturated carbocycles. The van der Waals surface area contributed by atoms with Gasteiger partial charge in [-0.05, 0) is 19.1 Å². The van der Waals surface area contributed by atoms with Crippen molar-refractivity contribution in [1.29, 1.82) is 0 Å². The van der Waals surface area contributed by atoms with Gasteiger partial charge in [0, 0.05) is 6.07 Å². The van der Waals surface area contributed by atoms with Crippen molar-refractivity contribution in [3.05, 3.63) is 45.6 Å². The van der Waals surface area contributed by atoms with Gasteiger partial charge in [0.2, 0.25) is 5.95 Å². The van der Waals surface area contributed by atoms with E-state index in [9.17, 15) is 18.9 Å². The van der Waals surface area contributed by atoms with Crippen molar-refractivity contribution >= 4 is 11.6 Å². The maximum absolute atomic E-state index is 13.1. The maximum Gasteiger partial charge on any atom is 0.352 e. The number of halogens is 2. The number of nitrogens with zero attached hydrogens (tertiary/aromatic N) is 3. The molecule has 0 unspecified atom stereocenters. The summed E-state index contributed by atoms with van der Waals surface area (Å²) < 4.78 is 31.1. The molecule has 1 aromatic carbocycles. The Morgan fingerprint density at radius 2 is 2.05 bits per heavy atom. The molecule has 0 bridgehead atoms. The van der Waals surface area contributed by atoms with Crippen molar-refractivity contribution in [2.45, 2.75) is 6.92 Å². The molecule has 0 radical (unpaired) electrons. The lowest BCUT2D eigenvalue weighted by molar-refractivity contribution is -0.386. The molecule has 0 spiro atoms. The molecule has 0 atom stereocenters. The minimum atomic E-state index is -1.15. The Morgan fingerprint density at radius 3 is 2.62 bits per heavy atom. The van der Waals surface area contributed by atoms with Crippen LogP contribution in [0.3, 0.4) is 0 Å². The fourth-order valence-corrected chi connectivity index (χ4v) is 1.54. The van der Waals surface area contributed by atoms with Crippen molar-refractivity contribution in [2.75, 3.05) is 5.43 Å². The predicted octanol–water partition coefficient (Wildman–Crippen LogP) is 2.05. The Kier molecular flexibility index (Phi) is 3.89. The highest BCUT2D eigenvalue weighted by molar-refractivity contribution is 5.50. The molecule has 110 valence electrons. The van der Waals surface area contributed by atoms with Gasteiger partial charge >= 0.3 is 11.6 Å². The van der Waals surface area contributed by atoms with Crippen LogP contribution in [-0.2, 0) is 0 Å². The molecule has 1 aromatic heterocycles. The highest BCUT2D eigenvalue weighted by atomic mass is 19.2. The minimum absolute atomic E-state index is 0.000494. The van der Waals surface area contributed by atoms with Gasteiger partial charge in [0.1, 0.15) is 11.4 Å². The third-order valence-corrected chi connectivity index (χ3v) is 2.44. The summed E-state index contributed by atoms with van der Waals surface area (Å²) in [6, 6.07) is 2.67. The Morgan fingerprint density at radius 1 is 1.33 bits per heavy atom. The van der Waals surface area contributed by atoms with Crippen molar-refractivity contribution in [3.63, 3.8) is 0 Å². The molecule has 1 heterocycles. The monoisotopic (exact) mass is 297 g/mol. The van der Waals surface area contributed by atoms with Crippen molar-refractivity contribution in [2.24, 2.45) is 5.84 Å². The number of nitrogens with two attached hydrogens (primary N) is 1. The number of rotatable bonds is 4. The summed E-state index contributed by atoms with van der Waals surface area (Å²) in [4.78, 5) is 17.7. The summed E-state index contributed by atoms with van der Waals surface area (Å²) in [5.41, 5.74) is 1.62. The maximum atomic E-state index is 13.1. The number of hydrogen-bond donors (Lipinski definition) is 2. The first-order chi connectivity index (χ1) is 9.92. The van der Waals surface area contributed by atoms with Gasteiger partial charge in [-0.1, -0.05) is 0 Å². The Balaban J connectivity index is 2.48. The molecule has 3 N–H and O–H groups in total. The van der Waals surface area contributed by atoms with Crippen LogP contribution in [0.4, 0.5) is 20.4 Å². The standard InChI is InChI=1S/C11H9F2N5O3/c1-5-9(18(19)20)10(16-11(15-5)17-14)21-6-2-3-7(12)8(13)4-6/h2-4H,14H2,1H3,(H,15,16,17).